The summed E-state index contributed by atoms with van der Waals surface area (Å²) in [6, 6.07) is 5.58. The molecule has 2 N–H and O–H groups in total. The molecule has 0 unspecified atom stereocenters. The molecule has 1 aliphatic rings. The van der Waals surface area contributed by atoms with Crippen molar-refractivity contribution in [2.24, 2.45) is 24.8 Å². The van der Waals surface area contributed by atoms with E-state index in [0.29, 0.717) is 4.91 Å². The number of fused-ring (bicyclic) bond motifs is 1. The maximum atomic E-state index is 11.9. The number of aromatic nitrogens is 2. The lowest BCUT2D eigenvalue weighted by Crippen LogP contribution is -2.19. The van der Waals surface area contributed by atoms with Crippen molar-refractivity contribution in [1.29, 1.82) is 0 Å². The molecule has 6 nitrogen and oxygen atoms in total. The molecule has 0 radical (unpaired) electrons. The lowest BCUT2D eigenvalue weighted by molar-refractivity contribution is -0.113. The molecule has 1 aromatic carbocycles. The van der Waals surface area contributed by atoms with Crippen molar-refractivity contribution < 1.29 is 4.79 Å². The molecule has 7 heteroatoms. The largest absolute Gasteiger partial charge is 0.378 e. The van der Waals surface area contributed by atoms with Crippen LogP contribution in [0.25, 0.3) is 17.1 Å². The standard InChI is InChI=1S/C13H12N4O2S/c1-16-8-4-3-7(5-9(8)17(2)13(16)19)6-10-11(18)15-12(14)20-10/h3-6H,1-2H3,(H2,14,15,18). The van der Waals surface area contributed by atoms with Gasteiger partial charge in [-0.15, -0.1) is 0 Å². The molecule has 0 atom stereocenters. The number of carbonyl (C=O) groups is 1. The molecule has 102 valence electrons. The van der Waals surface area contributed by atoms with Crippen molar-refractivity contribution in [1.82, 2.24) is 9.13 Å². The molecular weight excluding hydrogens is 276 g/mol. The maximum absolute atomic E-state index is 11.9. The van der Waals surface area contributed by atoms with Gasteiger partial charge in [0.2, 0.25) is 0 Å². The molecule has 2 heterocycles. The number of benzene rings is 1. The predicted molar refractivity (Wildman–Crippen MR) is 80.4 cm³/mol. The Morgan fingerprint density at radius 3 is 2.55 bits per heavy atom. The Morgan fingerprint density at radius 1 is 1.20 bits per heavy atom. The number of aliphatic imine (C=N–C) groups is 1. The highest BCUT2D eigenvalue weighted by molar-refractivity contribution is 8.18. The lowest BCUT2D eigenvalue weighted by Gasteiger charge is -1.99. The van der Waals surface area contributed by atoms with Crippen molar-refractivity contribution >= 4 is 39.9 Å². The van der Waals surface area contributed by atoms with E-state index in [0.717, 1.165) is 28.4 Å². The van der Waals surface area contributed by atoms with Crippen LogP contribution in [0.3, 0.4) is 0 Å². The van der Waals surface area contributed by atoms with Crippen LogP contribution in [0.4, 0.5) is 0 Å². The summed E-state index contributed by atoms with van der Waals surface area (Å²) < 4.78 is 3.16. The van der Waals surface area contributed by atoms with Crippen LogP contribution in [0.2, 0.25) is 0 Å². The molecule has 1 aromatic heterocycles. The highest BCUT2D eigenvalue weighted by atomic mass is 32.2. The van der Waals surface area contributed by atoms with Gasteiger partial charge in [-0.3, -0.25) is 13.9 Å². The molecule has 0 spiro atoms. The van der Waals surface area contributed by atoms with E-state index in [1.165, 1.54) is 0 Å². The highest BCUT2D eigenvalue weighted by Crippen LogP contribution is 2.27. The van der Waals surface area contributed by atoms with Gasteiger partial charge in [-0.05, 0) is 35.5 Å². The Kier molecular flexibility index (Phi) is 2.79. The number of amidine groups is 1. The summed E-state index contributed by atoms with van der Waals surface area (Å²) in [6.45, 7) is 0. The van der Waals surface area contributed by atoms with E-state index in [2.05, 4.69) is 4.99 Å². The van der Waals surface area contributed by atoms with Gasteiger partial charge in [0, 0.05) is 14.1 Å². The summed E-state index contributed by atoms with van der Waals surface area (Å²) in [6.07, 6.45) is 1.73. The molecule has 3 rings (SSSR count). The number of aryl methyl sites for hydroxylation is 2. The quantitative estimate of drug-likeness (QED) is 0.787. The summed E-state index contributed by atoms with van der Waals surface area (Å²) in [5, 5.41) is 0.259. The normalized spacial score (nSPS) is 17.2. The summed E-state index contributed by atoms with van der Waals surface area (Å²) in [5.74, 6) is -0.324. The summed E-state index contributed by atoms with van der Waals surface area (Å²) in [4.78, 5) is 27.6. The topological polar surface area (TPSA) is 82.4 Å². The number of imidazole rings is 1. The molecular formula is C13H12N4O2S. The van der Waals surface area contributed by atoms with Crippen LogP contribution in [-0.2, 0) is 18.9 Å². The molecule has 0 bridgehead atoms. The van der Waals surface area contributed by atoms with Gasteiger partial charge in [0.15, 0.2) is 5.17 Å². The smallest absolute Gasteiger partial charge is 0.328 e. The zero-order valence-electron chi connectivity index (χ0n) is 11.0. The maximum Gasteiger partial charge on any atom is 0.328 e. The van der Waals surface area contributed by atoms with Crippen LogP contribution < -0.4 is 11.4 Å². The summed E-state index contributed by atoms with van der Waals surface area (Å²) >= 11 is 1.15. The van der Waals surface area contributed by atoms with Crippen LogP contribution in [0, 0.1) is 0 Å². The number of rotatable bonds is 1. The summed E-state index contributed by atoms with van der Waals surface area (Å²) in [7, 11) is 3.45. The average Bonchev–Trinajstić information content (AvgIpc) is 2.83. The second-order valence-corrected chi connectivity index (χ2v) is 5.58. The molecule has 20 heavy (non-hydrogen) atoms. The van der Waals surface area contributed by atoms with Crippen molar-refractivity contribution in [2.75, 3.05) is 0 Å². The zero-order valence-corrected chi connectivity index (χ0v) is 11.8. The number of nitrogens with zero attached hydrogens (tertiary/aromatic N) is 3. The number of amides is 1. The van der Waals surface area contributed by atoms with Gasteiger partial charge in [0.05, 0.1) is 15.9 Å². The first-order valence-electron chi connectivity index (χ1n) is 5.91. The Labute approximate surface area is 118 Å². The first-order chi connectivity index (χ1) is 9.47. The Balaban J connectivity index is 2.11. The number of carbonyl (C=O) groups excluding carboxylic acids is 1. The molecule has 0 fully saturated rings. The molecule has 0 saturated carbocycles. The van der Waals surface area contributed by atoms with E-state index >= 15 is 0 Å². The van der Waals surface area contributed by atoms with Gasteiger partial charge < -0.3 is 5.73 Å². The van der Waals surface area contributed by atoms with Crippen molar-refractivity contribution in [3.05, 3.63) is 39.2 Å². The van der Waals surface area contributed by atoms with Gasteiger partial charge in [-0.2, -0.15) is 4.99 Å². The number of hydrogen-bond donors (Lipinski definition) is 1. The van der Waals surface area contributed by atoms with Gasteiger partial charge in [0.25, 0.3) is 5.91 Å². The monoisotopic (exact) mass is 288 g/mol. The Hall–Kier alpha value is -2.28. The molecule has 1 amide bonds. The SMILES string of the molecule is Cn1c(=O)n(C)c2cc(C=C3SC(N)=NC3=O)ccc21. The zero-order chi connectivity index (χ0) is 14.4. The van der Waals surface area contributed by atoms with Gasteiger partial charge in [0.1, 0.15) is 0 Å². The highest BCUT2D eigenvalue weighted by Gasteiger charge is 2.19. The third-order valence-electron chi connectivity index (χ3n) is 3.23. The first-order valence-corrected chi connectivity index (χ1v) is 6.72. The molecule has 2 aromatic rings. The van der Waals surface area contributed by atoms with Crippen molar-refractivity contribution in [2.45, 2.75) is 0 Å². The minimum Gasteiger partial charge on any atom is -0.378 e. The third-order valence-corrected chi connectivity index (χ3v) is 4.04. The Bertz CT molecular complexity index is 857. The minimum absolute atomic E-state index is 0.0799. The van der Waals surface area contributed by atoms with Crippen LogP contribution in [0.1, 0.15) is 5.56 Å². The van der Waals surface area contributed by atoms with Crippen molar-refractivity contribution in [3.8, 4) is 0 Å². The average molecular weight is 288 g/mol. The van der Waals surface area contributed by atoms with Gasteiger partial charge in [-0.1, -0.05) is 6.07 Å². The van der Waals surface area contributed by atoms with Gasteiger partial charge >= 0.3 is 5.69 Å². The number of hydrogen-bond acceptors (Lipinski definition) is 4. The van der Waals surface area contributed by atoms with E-state index in [9.17, 15) is 9.59 Å². The fourth-order valence-electron chi connectivity index (χ4n) is 2.19. The summed E-state index contributed by atoms with van der Waals surface area (Å²) in [5.41, 5.74) is 7.93. The molecule has 1 aliphatic heterocycles. The second-order valence-electron chi connectivity index (χ2n) is 4.51. The van der Waals surface area contributed by atoms with Crippen molar-refractivity contribution in [3.63, 3.8) is 0 Å². The van der Waals surface area contributed by atoms with E-state index in [-0.39, 0.29) is 16.8 Å². The minimum atomic E-state index is -0.324. The van der Waals surface area contributed by atoms with Crippen LogP contribution >= 0.6 is 11.8 Å². The van der Waals surface area contributed by atoms with Crippen LogP contribution in [0.5, 0.6) is 0 Å². The third kappa shape index (κ3) is 1.87. The van der Waals surface area contributed by atoms with Crippen LogP contribution in [-0.4, -0.2) is 20.2 Å². The van der Waals surface area contributed by atoms with Crippen LogP contribution in [0.15, 0.2) is 32.9 Å². The molecule has 0 saturated heterocycles. The number of thioether (sulfide) groups is 1. The van der Waals surface area contributed by atoms with Gasteiger partial charge in [-0.25, -0.2) is 4.79 Å². The lowest BCUT2D eigenvalue weighted by atomic mass is 10.2. The first kappa shape index (κ1) is 12.7. The number of nitrogens with two attached hydrogens (primary N) is 1. The van der Waals surface area contributed by atoms with E-state index in [1.54, 1.807) is 29.3 Å². The Morgan fingerprint density at radius 2 is 1.90 bits per heavy atom. The fraction of sp³-hybridized carbons (Fsp3) is 0.154. The van der Waals surface area contributed by atoms with E-state index in [1.807, 2.05) is 18.2 Å². The molecule has 0 aliphatic carbocycles. The second kappa shape index (κ2) is 4.38. The fourth-order valence-corrected chi connectivity index (χ4v) is 2.87. The van der Waals surface area contributed by atoms with E-state index in [4.69, 9.17) is 5.73 Å². The van der Waals surface area contributed by atoms with E-state index < -0.39 is 0 Å². The predicted octanol–water partition coefficient (Wildman–Crippen LogP) is 0.806.